The third kappa shape index (κ3) is 5.44. The number of pyridine rings is 2. The van der Waals surface area contributed by atoms with Crippen LogP contribution < -0.4 is 5.32 Å². The molecule has 4 rings (SSSR count). The van der Waals surface area contributed by atoms with Gasteiger partial charge in [-0.25, -0.2) is 37.1 Å². The molecule has 0 saturated heterocycles. The summed E-state index contributed by atoms with van der Waals surface area (Å²) in [5.74, 6) is -0.927. The molecule has 1 aromatic carbocycles. The average molecular weight is 516 g/mol. The van der Waals surface area contributed by atoms with Gasteiger partial charge in [-0.15, -0.1) is 0 Å². The van der Waals surface area contributed by atoms with Gasteiger partial charge in [-0.3, -0.25) is 0 Å². The van der Waals surface area contributed by atoms with E-state index in [1.165, 1.54) is 0 Å². The van der Waals surface area contributed by atoms with Crippen molar-refractivity contribution in [3.8, 4) is 11.1 Å². The van der Waals surface area contributed by atoms with Crippen LogP contribution in [0.4, 0.5) is 20.4 Å². The number of hydrogen-bond acceptors (Lipinski definition) is 7. The Labute approximate surface area is 206 Å². The Hall–Kier alpha value is -3.50. The van der Waals surface area contributed by atoms with Gasteiger partial charge in [-0.1, -0.05) is 18.5 Å². The SMILES string of the molecule is CCc1c(-c2ccnc(Nc3ccnc(C)n3)c2)cnc(Cl)c1CS(=O)(=O)c1ccc(F)cc1F. The van der Waals surface area contributed by atoms with Gasteiger partial charge >= 0.3 is 0 Å². The first kappa shape index (κ1) is 24.6. The smallest absolute Gasteiger partial charge is 0.185 e. The number of benzene rings is 1. The Morgan fingerprint density at radius 1 is 0.971 bits per heavy atom. The maximum Gasteiger partial charge on any atom is 0.185 e. The fourth-order valence-electron chi connectivity index (χ4n) is 3.68. The van der Waals surface area contributed by atoms with E-state index in [0.717, 1.165) is 17.7 Å². The molecule has 35 heavy (non-hydrogen) atoms. The first-order chi connectivity index (χ1) is 16.7. The highest BCUT2D eigenvalue weighted by atomic mass is 35.5. The second kappa shape index (κ2) is 10.0. The molecule has 0 aliphatic heterocycles. The molecule has 0 atom stereocenters. The lowest BCUT2D eigenvalue weighted by Crippen LogP contribution is -2.11. The van der Waals surface area contributed by atoms with Crippen LogP contribution >= 0.6 is 11.6 Å². The third-order valence-electron chi connectivity index (χ3n) is 5.27. The zero-order chi connectivity index (χ0) is 25.2. The molecule has 3 aromatic heterocycles. The van der Waals surface area contributed by atoms with Gasteiger partial charge in [0.15, 0.2) is 9.84 Å². The molecule has 0 saturated carbocycles. The number of nitrogens with zero attached hydrogens (tertiary/aromatic N) is 4. The zero-order valence-electron chi connectivity index (χ0n) is 18.8. The highest BCUT2D eigenvalue weighted by Gasteiger charge is 2.25. The Bertz CT molecular complexity index is 1520. The van der Waals surface area contributed by atoms with E-state index in [9.17, 15) is 17.2 Å². The van der Waals surface area contributed by atoms with Gasteiger partial charge in [-0.05, 0) is 54.8 Å². The van der Waals surface area contributed by atoms with Gasteiger partial charge in [0.05, 0.1) is 5.75 Å². The van der Waals surface area contributed by atoms with Gasteiger partial charge < -0.3 is 5.32 Å². The molecule has 0 aliphatic carbocycles. The van der Waals surface area contributed by atoms with Crippen molar-refractivity contribution in [1.29, 1.82) is 0 Å². The van der Waals surface area contributed by atoms with E-state index in [0.29, 0.717) is 41.1 Å². The number of aromatic nitrogens is 4. The summed E-state index contributed by atoms with van der Waals surface area (Å²) in [6.45, 7) is 3.63. The molecule has 1 N–H and O–H groups in total. The fraction of sp³-hybridized carbons (Fsp3) is 0.167. The normalized spacial score (nSPS) is 11.5. The quantitative estimate of drug-likeness (QED) is 0.258. The minimum atomic E-state index is -4.17. The number of anilines is 2. The van der Waals surface area contributed by atoms with E-state index < -0.39 is 32.1 Å². The molecule has 7 nitrogen and oxygen atoms in total. The number of nitrogens with one attached hydrogen (secondary N) is 1. The Kier molecular flexibility index (Phi) is 7.04. The minimum Gasteiger partial charge on any atom is -0.325 e. The van der Waals surface area contributed by atoms with Crippen LogP contribution in [0.3, 0.4) is 0 Å². The lowest BCUT2D eigenvalue weighted by molar-refractivity contribution is 0.548. The van der Waals surface area contributed by atoms with Gasteiger partial charge in [0.2, 0.25) is 0 Å². The number of hydrogen-bond donors (Lipinski definition) is 1. The van der Waals surface area contributed by atoms with Crippen LogP contribution in [-0.4, -0.2) is 28.4 Å². The van der Waals surface area contributed by atoms with E-state index in [4.69, 9.17) is 11.6 Å². The van der Waals surface area contributed by atoms with Gasteiger partial charge in [0, 0.05) is 35.8 Å². The summed E-state index contributed by atoms with van der Waals surface area (Å²) >= 11 is 6.31. The minimum absolute atomic E-state index is 0.000519. The number of aryl methyl sites for hydroxylation is 1. The highest BCUT2D eigenvalue weighted by molar-refractivity contribution is 7.90. The topological polar surface area (TPSA) is 97.7 Å². The van der Waals surface area contributed by atoms with E-state index in [1.54, 1.807) is 43.7 Å². The molecule has 4 aromatic rings. The van der Waals surface area contributed by atoms with Crippen LogP contribution in [0.5, 0.6) is 0 Å². The molecule has 0 fully saturated rings. The van der Waals surface area contributed by atoms with E-state index in [1.807, 2.05) is 6.92 Å². The number of rotatable bonds is 7. The molecule has 0 unspecified atom stereocenters. The van der Waals surface area contributed by atoms with Gasteiger partial charge in [0.1, 0.15) is 39.1 Å². The van der Waals surface area contributed by atoms with E-state index in [-0.39, 0.29) is 10.7 Å². The second-order valence-corrected chi connectivity index (χ2v) is 9.97. The fourth-order valence-corrected chi connectivity index (χ4v) is 5.47. The van der Waals surface area contributed by atoms with Crippen LogP contribution in [0.1, 0.15) is 23.9 Å². The summed E-state index contributed by atoms with van der Waals surface area (Å²) in [6, 6.07) is 7.59. The molecule has 11 heteroatoms. The predicted molar refractivity (Wildman–Crippen MR) is 129 cm³/mol. The Morgan fingerprint density at radius 2 is 1.74 bits per heavy atom. The van der Waals surface area contributed by atoms with Crippen molar-refractivity contribution in [2.24, 2.45) is 0 Å². The number of halogens is 3. The van der Waals surface area contributed by atoms with Crippen molar-refractivity contribution >= 4 is 33.1 Å². The van der Waals surface area contributed by atoms with E-state index >= 15 is 0 Å². The lowest BCUT2D eigenvalue weighted by atomic mass is 9.97. The maximum atomic E-state index is 14.2. The number of sulfone groups is 1. The average Bonchev–Trinajstić information content (AvgIpc) is 2.80. The third-order valence-corrected chi connectivity index (χ3v) is 7.26. The van der Waals surface area contributed by atoms with Crippen LogP contribution in [0.15, 0.2) is 59.9 Å². The summed E-state index contributed by atoms with van der Waals surface area (Å²) in [6.07, 6.45) is 5.22. The van der Waals surface area contributed by atoms with Gasteiger partial charge in [-0.2, -0.15) is 0 Å². The van der Waals surface area contributed by atoms with Crippen molar-refractivity contribution in [3.63, 3.8) is 0 Å². The molecule has 0 bridgehead atoms. The van der Waals surface area contributed by atoms with Crippen LogP contribution in [-0.2, 0) is 22.0 Å². The van der Waals surface area contributed by atoms with Crippen molar-refractivity contribution in [2.45, 2.75) is 30.9 Å². The summed E-state index contributed by atoms with van der Waals surface area (Å²) in [5, 5.41) is 3.11. The van der Waals surface area contributed by atoms with Crippen molar-refractivity contribution in [1.82, 2.24) is 19.9 Å². The second-order valence-electron chi connectivity index (χ2n) is 7.65. The highest BCUT2D eigenvalue weighted by Crippen LogP contribution is 2.33. The zero-order valence-corrected chi connectivity index (χ0v) is 20.3. The van der Waals surface area contributed by atoms with Crippen molar-refractivity contribution in [3.05, 3.63) is 88.7 Å². The molecule has 0 amide bonds. The standard InChI is InChI=1S/C24H20ClF2N5O2S/c1-3-17-18(15-6-8-29-23(10-15)32-22-7-9-28-14(2)31-22)12-30-24(25)19(17)13-35(33,34)21-5-4-16(26)11-20(21)27/h4-12H,3,13H2,1-2H3,(H,28,29,31,32). The molecular formula is C24H20ClF2N5O2S. The lowest BCUT2D eigenvalue weighted by Gasteiger charge is -2.16. The predicted octanol–water partition coefficient (Wildman–Crippen LogP) is 5.45. The monoisotopic (exact) mass is 515 g/mol. The van der Waals surface area contributed by atoms with Crippen LogP contribution in [0, 0.1) is 18.6 Å². The molecule has 0 radical (unpaired) electrons. The summed E-state index contributed by atoms with van der Waals surface area (Å²) < 4.78 is 53.5. The Balaban J connectivity index is 1.73. The van der Waals surface area contributed by atoms with E-state index in [2.05, 4.69) is 25.3 Å². The first-order valence-corrected chi connectivity index (χ1v) is 12.6. The summed E-state index contributed by atoms with van der Waals surface area (Å²) in [7, 11) is -4.17. The maximum absolute atomic E-state index is 14.2. The van der Waals surface area contributed by atoms with Crippen molar-refractivity contribution < 1.29 is 17.2 Å². The molecule has 0 spiro atoms. The van der Waals surface area contributed by atoms with Crippen LogP contribution in [0.2, 0.25) is 5.15 Å². The molecule has 3 heterocycles. The Morgan fingerprint density at radius 3 is 2.46 bits per heavy atom. The van der Waals surface area contributed by atoms with Gasteiger partial charge in [0.25, 0.3) is 0 Å². The van der Waals surface area contributed by atoms with Crippen molar-refractivity contribution in [2.75, 3.05) is 5.32 Å². The summed E-state index contributed by atoms with van der Waals surface area (Å²) in [5.41, 5.74) is 2.28. The largest absolute Gasteiger partial charge is 0.325 e. The molecular weight excluding hydrogens is 496 g/mol. The summed E-state index contributed by atoms with van der Waals surface area (Å²) in [4.78, 5) is 16.3. The van der Waals surface area contributed by atoms with Crippen LogP contribution in [0.25, 0.3) is 11.1 Å². The first-order valence-electron chi connectivity index (χ1n) is 10.5. The molecule has 180 valence electrons. The molecule has 0 aliphatic rings.